The number of ether oxygens (including phenoxy) is 1. The Labute approximate surface area is 204 Å². The molecule has 1 aliphatic heterocycles. The largest absolute Gasteiger partial charge is 0.388 e. The third-order valence-corrected chi connectivity index (χ3v) is 10.3. The molecule has 34 heavy (non-hydrogen) atoms. The zero-order valence-corrected chi connectivity index (χ0v) is 21.3. The van der Waals surface area contributed by atoms with Crippen molar-refractivity contribution in [3.05, 3.63) is 35.5 Å². The Bertz CT molecular complexity index is 1050. The molecule has 4 aliphatic rings. The minimum absolute atomic E-state index is 0.0122. The molecule has 4 heteroatoms. The van der Waals surface area contributed by atoms with Crippen LogP contribution in [-0.4, -0.2) is 34.7 Å². The number of carbonyl (C=O) groups is 1. The summed E-state index contributed by atoms with van der Waals surface area (Å²) < 4.78 is 6.55. The van der Waals surface area contributed by atoms with Crippen LogP contribution in [0.5, 0.6) is 0 Å². The molecule has 7 atom stereocenters. The fourth-order valence-corrected chi connectivity index (χ4v) is 8.48. The van der Waals surface area contributed by atoms with Gasteiger partial charge in [-0.25, -0.2) is 0 Å². The summed E-state index contributed by atoms with van der Waals surface area (Å²) in [6.45, 7) is 11.0. The molecular formula is C30H41NO3. The number of aliphatic hydroxyl groups is 1. The summed E-state index contributed by atoms with van der Waals surface area (Å²) in [5.74, 6) is 2.13. The van der Waals surface area contributed by atoms with E-state index in [0.29, 0.717) is 17.4 Å². The van der Waals surface area contributed by atoms with Crippen molar-refractivity contribution >= 4 is 17.7 Å². The lowest BCUT2D eigenvalue weighted by atomic mass is 9.43. The zero-order chi connectivity index (χ0) is 24.9. The van der Waals surface area contributed by atoms with E-state index in [0.717, 1.165) is 24.7 Å². The Morgan fingerprint density at radius 1 is 1.09 bits per heavy atom. The highest BCUT2D eigenvalue weighted by Crippen LogP contribution is 2.68. The van der Waals surface area contributed by atoms with Crippen LogP contribution >= 0.6 is 0 Å². The fourth-order valence-electron chi connectivity index (χ4n) is 8.48. The van der Waals surface area contributed by atoms with Crippen molar-refractivity contribution in [3.8, 4) is 12.8 Å². The number of H-pyrrole nitrogens is 1. The van der Waals surface area contributed by atoms with Crippen LogP contribution in [0.25, 0.3) is 10.9 Å². The second-order valence-corrected chi connectivity index (χ2v) is 11.8. The monoisotopic (exact) mass is 463 g/mol. The molecule has 6 rings (SSSR count). The van der Waals surface area contributed by atoms with Crippen molar-refractivity contribution in [2.75, 3.05) is 0 Å². The van der Waals surface area contributed by atoms with Crippen LogP contribution in [0.4, 0.5) is 0 Å². The lowest BCUT2D eigenvalue weighted by Crippen LogP contribution is -2.61. The van der Waals surface area contributed by atoms with Gasteiger partial charge in [0.2, 0.25) is 0 Å². The minimum atomic E-state index is -0.736. The van der Waals surface area contributed by atoms with Crippen molar-refractivity contribution in [1.82, 2.24) is 4.98 Å². The Hall–Kier alpha value is -2.09. The molecule has 1 saturated heterocycles. The van der Waals surface area contributed by atoms with Gasteiger partial charge in [0.05, 0.1) is 17.8 Å². The SMILES string of the molecule is C#C.C=O.CC(C)(O)[C@@H]1CCC2C(CC[C@@]3(C)C2CCC2Cc4c([nH]c5ccccc45)[C@@]23C)O1. The maximum absolute atomic E-state index is 10.5. The molecule has 0 bridgehead atoms. The van der Waals surface area contributed by atoms with Crippen LogP contribution < -0.4 is 0 Å². The first-order valence-electron chi connectivity index (χ1n) is 12.8. The summed E-state index contributed by atoms with van der Waals surface area (Å²) in [7, 11) is 0. The van der Waals surface area contributed by atoms with E-state index in [2.05, 4.69) is 55.9 Å². The number of aromatic nitrogens is 1. The maximum Gasteiger partial charge on any atom is 0.106 e. The number of fused-ring (bicyclic) bond motifs is 9. The number of hydrogen-bond acceptors (Lipinski definition) is 3. The number of benzene rings is 1. The third-order valence-electron chi connectivity index (χ3n) is 10.3. The average molecular weight is 464 g/mol. The van der Waals surface area contributed by atoms with Crippen LogP contribution in [0, 0.1) is 36.0 Å². The van der Waals surface area contributed by atoms with E-state index in [9.17, 15) is 5.11 Å². The standard InChI is InChI=1S/C27H37NO2.C2H2.CH2O/c1-25(2,29)23-12-10-18-20-11-9-16-15-19-17-7-5-6-8-21(17)28-24(19)27(16,4)26(20,3)14-13-22(18)30-23;2*1-2/h5-8,16,18,20,22-23,28-29H,9-15H2,1-4H3;1-2H;1H2/t16?,18?,20?,22?,23-,26-,27+;;/m0../s1. The predicted octanol–water partition coefficient (Wildman–Crippen LogP) is 5.81. The first-order chi connectivity index (χ1) is 16.2. The van der Waals surface area contributed by atoms with Gasteiger partial charge in [0.15, 0.2) is 0 Å². The molecular weight excluding hydrogens is 422 g/mol. The van der Waals surface area contributed by atoms with Gasteiger partial charge < -0.3 is 19.6 Å². The van der Waals surface area contributed by atoms with Gasteiger partial charge in [0.25, 0.3) is 0 Å². The van der Waals surface area contributed by atoms with Gasteiger partial charge in [0, 0.05) is 22.0 Å². The van der Waals surface area contributed by atoms with Crippen LogP contribution in [-0.2, 0) is 21.4 Å². The van der Waals surface area contributed by atoms with Gasteiger partial charge >= 0.3 is 0 Å². The Morgan fingerprint density at radius 3 is 2.50 bits per heavy atom. The van der Waals surface area contributed by atoms with Gasteiger partial charge in [-0.3, -0.25) is 0 Å². The van der Waals surface area contributed by atoms with Crippen molar-refractivity contribution in [1.29, 1.82) is 0 Å². The molecule has 1 aromatic heterocycles. The summed E-state index contributed by atoms with van der Waals surface area (Å²) >= 11 is 0. The number of terminal acetylenes is 1. The van der Waals surface area contributed by atoms with Crippen LogP contribution in [0.1, 0.15) is 77.5 Å². The highest BCUT2D eigenvalue weighted by atomic mass is 16.5. The highest BCUT2D eigenvalue weighted by Gasteiger charge is 2.64. The molecule has 3 fully saturated rings. The van der Waals surface area contributed by atoms with Gasteiger partial charge in [-0.1, -0.05) is 32.0 Å². The summed E-state index contributed by atoms with van der Waals surface area (Å²) in [5.41, 5.74) is 4.27. The van der Waals surface area contributed by atoms with Gasteiger partial charge in [0.1, 0.15) is 6.79 Å². The summed E-state index contributed by atoms with van der Waals surface area (Å²) in [6, 6.07) is 8.91. The fraction of sp³-hybridized carbons (Fsp3) is 0.633. The lowest BCUT2D eigenvalue weighted by Gasteiger charge is -2.63. The molecule has 2 N–H and O–H groups in total. The molecule has 0 amide bonds. The van der Waals surface area contributed by atoms with E-state index < -0.39 is 5.60 Å². The number of nitrogens with one attached hydrogen (secondary N) is 1. The van der Waals surface area contributed by atoms with Crippen molar-refractivity contribution in [2.24, 2.45) is 23.2 Å². The van der Waals surface area contributed by atoms with E-state index in [4.69, 9.17) is 9.53 Å². The first-order valence-corrected chi connectivity index (χ1v) is 12.8. The number of rotatable bonds is 1. The predicted molar refractivity (Wildman–Crippen MR) is 138 cm³/mol. The molecule has 0 spiro atoms. The molecule has 4 unspecified atom stereocenters. The summed E-state index contributed by atoms with van der Waals surface area (Å²) in [5, 5.41) is 12.0. The normalized spacial score (nSPS) is 38.1. The molecule has 4 nitrogen and oxygen atoms in total. The van der Waals surface area contributed by atoms with Crippen LogP contribution in [0.15, 0.2) is 24.3 Å². The summed E-state index contributed by atoms with van der Waals surface area (Å²) in [6.07, 6.45) is 16.8. The molecule has 3 aliphatic carbocycles. The third kappa shape index (κ3) is 3.39. The topological polar surface area (TPSA) is 62.3 Å². The van der Waals surface area contributed by atoms with Crippen molar-refractivity contribution in [3.63, 3.8) is 0 Å². The first kappa shape index (κ1) is 25.0. The maximum atomic E-state index is 10.5. The second-order valence-electron chi connectivity index (χ2n) is 11.8. The molecule has 1 aromatic carbocycles. The number of carbonyl (C=O) groups excluding carboxylic acids is 1. The van der Waals surface area contributed by atoms with E-state index in [1.54, 1.807) is 11.3 Å². The molecule has 2 aromatic rings. The summed E-state index contributed by atoms with van der Waals surface area (Å²) in [4.78, 5) is 11.9. The van der Waals surface area contributed by atoms with Gasteiger partial charge in [-0.05, 0) is 93.6 Å². The van der Waals surface area contributed by atoms with E-state index in [1.807, 2.05) is 20.6 Å². The van der Waals surface area contributed by atoms with Crippen molar-refractivity contribution in [2.45, 2.75) is 95.9 Å². The number of para-hydroxylation sites is 1. The number of hydrogen-bond donors (Lipinski definition) is 2. The molecule has 0 radical (unpaired) electrons. The van der Waals surface area contributed by atoms with Crippen LogP contribution in [0.2, 0.25) is 0 Å². The number of aromatic amines is 1. The van der Waals surface area contributed by atoms with E-state index in [1.165, 1.54) is 43.0 Å². The quantitative estimate of drug-likeness (QED) is 0.525. The van der Waals surface area contributed by atoms with Gasteiger partial charge in [-0.15, -0.1) is 12.8 Å². The molecule has 2 saturated carbocycles. The smallest absolute Gasteiger partial charge is 0.106 e. The highest BCUT2D eigenvalue weighted by molar-refractivity contribution is 5.86. The Morgan fingerprint density at radius 2 is 1.79 bits per heavy atom. The van der Waals surface area contributed by atoms with E-state index in [-0.39, 0.29) is 11.5 Å². The lowest BCUT2D eigenvalue weighted by molar-refractivity contribution is -0.210. The molecule has 184 valence electrons. The second kappa shape index (κ2) is 8.85. The van der Waals surface area contributed by atoms with E-state index >= 15 is 0 Å². The average Bonchev–Trinajstić information content (AvgIpc) is 3.35. The Kier molecular flexibility index (Phi) is 6.51. The van der Waals surface area contributed by atoms with Gasteiger partial charge in [-0.2, -0.15) is 0 Å². The minimum Gasteiger partial charge on any atom is -0.388 e. The van der Waals surface area contributed by atoms with Crippen molar-refractivity contribution < 1.29 is 14.6 Å². The van der Waals surface area contributed by atoms with Crippen LogP contribution in [0.3, 0.4) is 0 Å². The zero-order valence-electron chi connectivity index (χ0n) is 21.3. The molecule has 2 heterocycles. The Balaban J connectivity index is 0.000000652.